The number of imidazole rings is 1. The summed E-state index contributed by atoms with van der Waals surface area (Å²) in [7, 11) is 0. The number of aromatic amines is 1. The molecular formula is C20H18FN5O. The number of likely N-dealkylation sites (tertiary alicyclic amines) is 1. The van der Waals surface area contributed by atoms with Gasteiger partial charge in [0.2, 0.25) is 0 Å². The normalized spacial score (nSPS) is 17.7. The van der Waals surface area contributed by atoms with Gasteiger partial charge in [-0.2, -0.15) is 0 Å². The molecule has 0 bridgehead atoms. The Morgan fingerprint density at radius 2 is 2.15 bits per heavy atom. The summed E-state index contributed by atoms with van der Waals surface area (Å²) < 4.78 is 19.0. The van der Waals surface area contributed by atoms with Gasteiger partial charge in [0.15, 0.2) is 5.76 Å². The highest BCUT2D eigenvalue weighted by Crippen LogP contribution is 2.33. The SMILES string of the molecule is Fc1ccc2nc([C@H]3CCCN3Cc3cc(-c4ccccn4)no3)[nH]c2c1. The number of benzene rings is 1. The molecule has 1 N–H and O–H groups in total. The second kappa shape index (κ2) is 6.59. The fourth-order valence-corrected chi connectivity index (χ4v) is 3.71. The Balaban J connectivity index is 1.37. The van der Waals surface area contributed by atoms with Crippen molar-refractivity contribution in [1.82, 2.24) is 25.0 Å². The Morgan fingerprint density at radius 3 is 3.04 bits per heavy atom. The minimum Gasteiger partial charge on any atom is -0.359 e. The van der Waals surface area contributed by atoms with Crippen LogP contribution in [0.1, 0.15) is 30.5 Å². The predicted molar refractivity (Wildman–Crippen MR) is 98.2 cm³/mol. The molecule has 0 saturated carbocycles. The van der Waals surface area contributed by atoms with Crippen LogP contribution in [0.5, 0.6) is 0 Å². The Labute approximate surface area is 155 Å². The lowest BCUT2D eigenvalue weighted by molar-refractivity contribution is 0.211. The third-order valence-electron chi connectivity index (χ3n) is 4.99. The number of H-pyrrole nitrogens is 1. The lowest BCUT2D eigenvalue weighted by atomic mass is 10.2. The van der Waals surface area contributed by atoms with E-state index in [1.165, 1.54) is 12.1 Å². The molecule has 4 heterocycles. The molecule has 0 unspecified atom stereocenters. The zero-order chi connectivity index (χ0) is 18.2. The highest BCUT2D eigenvalue weighted by molar-refractivity contribution is 5.75. The molecule has 136 valence electrons. The molecule has 7 heteroatoms. The number of hydrogen-bond acceptors (Lipinski definition) is 5. The van der Waals surface area contributed by atoms with Gasteiger partial charge in [0.05, 0.1) is 29.3 Å². The Morgan fingerprint density at radius 1 is 1.19 bits per heavy atom. The van der Waals surface area contributed by atoms with E-state index in [2.05, 4.69) is 25.0 Å². The Kier molecular flexibility index (Phi) is 3.94. The monoisotopic (exact) mass is 363 g/mol. The fraction of sp³-hybridized carbons (Fsp3) is 0.250. The van der Waals surface area contributed by atoms with E-state index in [1.807, 2.05) is 24.3 Å². The zero-order valence-corrected chi connectivity index (χ0v) is 14.6. The van der Waals surface area contributed by atoms with Gasteiger partial charge >= 0.3 is 0 Å². The van der Waals surface area contributed by atoms with Gasteiger partial charge in [-0.3, -0.25) is 9.88 Å². The van der Waals surface area contributed by atoms with Gasteiger partial charge in [-0.05, 0) is 49.7 Å². The molecule has 0 radical (unpaired) electrons. The van der Waals surface area contributed by atoms with Gasteiger partial charge < -0.3 is 9.51 Å². The van der Waals surface area contributed by atoms with Crippen LogP contribution < -0.4 is 0 Å². The smallest absolute Gasteiger partial charge is 0.151 e. The third-order valence-corrected chi connectivity index (χ3v) is 4.99. The van der Waals surface area contributed by atoms with Gasteiger partial charge in [0.25, 0.3) is 0 Å². The second-order valence-electron chi connectivity index (χ2n) is 6.81. The van der Waals surface area contributed by atoms with Crippen molar-refractivity contribution >= 4 is 11.0 Å². The van der Waals surface area contributed by atoms with Gasteiger partial charge in [0, 0.05) is 12.3 Å². The first kappa shape index (κ1) is 16.1. The van der Waals surface area contributed by atoms with Crippen LogP contribution in [0.15, 0.2) is 53.2 Å². The van der Waals surface area contributed by atoms with Crippen molar-refractivity contribution in [2.24, 2.45) is 0 Å². The number of fused-ring (bicyclic) bond motifs is 1. The summed E-state index contributed by atoms with van der Waals surface area (Å²) >= 11 is 0. The molecule has 5 rings (SSSR count). The van der Waals surface area contributed by atoms with Crippen molar-refractivity contribution in [2.45, 2.75) is 25.4 Å². The number of rotatable bonds is 4. The third kappa shape index (κ3) is 3.10. The van der Waals surface area contributed by atoms with E-state index >= 15 is 0 Å². The molecule has 1 aliphatic rings. The number of nitrogens with one attached hydrogen (secondary N) is 1. The summed E-state index contributed by atoms with van der Waals surface area (Å²) in [6.45, 7) is 1.60. The quantitative estimate of drug-likeness (QED) is 0.591. The molecule has 3 aromatic heterocycles. The van der Waals surface area contributed by atoms with Crippen LogP contribution in [0.2, 0.25) is 0 Å². The molecule has 0 spiro atoms. The van der Waals surface area contributed by atoms with Gasteiger partial charge in [-0.15, -0.1) is 0 Å². The molecule has 6 nitrogen and oxygen atoms in total. The molecule has 1 atom stereocenters. The maximum Gasteiger partial charge on any atom is 0.151 e. The standard InChI is InChI=1S/C20H18FN5O/c21-13-6-7-16-17(10-13)24-20(23-16)19-5-3-9-26(19)12-14-11-18(25-27-14)15-4-1-2-8-22-15/h1-2,4,6-8,10-11,19H,3,5,9,12H2,(H,23,24)/t19-/m1/s1. The van der Waals surface area contributed by atoms with E-state index < -0.39 is 0 Å². The van der Waals surface area contributed by atoms with Gasteiger partial charge in [0.1, 0.15) is 17.3 Å². The molecule has 4 aromatic rings. The van der Waals surface area contributed by atoms with Crippen LogP contribution in [-0.2, 0) is 6.54 Å². The minimum atomic E-state index is -0.260. The van der Waals surface area contributed by atoms with Crippen molar-refractivity contribution in [1.29, 1.82) is 0 Å². The van der Waals surface area contributed by atoms with E-state index in [1.54, 1.807) is 12.3 Å². The number of aromatic nitrogens is 4. The van der Waals surface area contributed by atoms with E-state index in [9.17, 15) is 4.39 Å². The average Bonchev–Trinajstić information content (AvgIpc) is 3.41. The van der Waals surface area contributed by atoms with E-state index in [0.29, 0.717) is 6.54 Å². The molecule has 1 saturated heterocycles. The first-order valence-corrected chi connectivity index (χ1v) is 9.02. The van der Waals surface area contributed by atoms with Crippen LogP contribution in [0.4, 0.5) is 4.39 Å². The van der Waals surface area contributed by atoms with E-state index in [0.717, 1.165) is 53.4 Å². The minimum absolute atomic E-state index is 0.156. The topological polar surface area (TPSA) is 70.8 Å². The van der Waals surface area contributed by atoms with Crippen LogP contribution in [0, 0.1) is 5.82 Å². The Hall–Kier alpha value is -3.06. The summed E-state index contributed by atoms with van der Waals surface area (Å²) in [6, 6.07) is 12.4. The number of hydrogen-bond donors (Lipinski definition) is 1. The van der Waals surface area contributed by atoms with Crippen molar-refractivity contribution in [3.63, 3.8) is 0 Å². The summed E-state index contributed by atoms with van der Waals surface area (Å²) in [5.74, 6) is 1.41. The lowest BCUT2D eigenvalue weighted by Gasteiger charge is -2.21. The zero-order valence-electron chi connectivity index (χ0n) is 14.6. The first-order chi connectivity index (χ1) is 13.3. The highest BCUT2D eigenvalue weighted by atomic mass is 19.1. The first-order valence-electron chi connectivity index (χ1n) is 9.02. The molecule has 1 fully saturated rings. The second-order valence-corrected chi connectivity index (χ2v) is 6.81. The number of nitrogens with zero attached hydrogens (tertiary/aromatic N) is 4. The van der Waals surface area contributed by atoms with Crippen LogP contribution in [0.25, 0.3) is 22.4 Å². The molecule has 1 aliphatic heterocycles. The van der Waals surface area contributed by atoms with Crippen molar-refractivity contribution in [2.75, 3.05) is 6.54 Å². The van der Waals surface area contributed by atoms with Crippen LogP contribution in [0.3, 0.4) is 0 Å². The maximum atomic E-state index is 13.4. The van der Waals surface area contributed by atoms with Crippen molar-refractivity contribution in [3.05, 3.63) is 66.1 Å². The summed E-state index contributed by atoms with van der Waals surface area (Å²) in [5, 5.41) is 4.14. The Bertz CT molecular complexity index is 1070. The number of pyridine rings is 1. The average molecular weight is 363 g/mol. The maximum absolute atomic E-state index is 13.4. The summed E-state index contributed by atoms with van der Waals surface area (Å²) in [6.07, 6.45) is 3.82. The van der Waals surface area contributed by atoms with E-state index in [4.69, 9.17) is 4.52 Å². The van der Waals surface area contributed by atoms with Crippen molar-refractivity contribution in [3.8, 4) is 11.4 Å². The van der Waals surface area contributed by atoms with Crippen LogP contribution in [-0.4, -0.2) is 31.6 Å². The van der Waals surface area contributed by atoms with Gasteiger partial charge in [-0.1, -0.05) is 11.2 Å². The summed E-state index contributed by atoms with van der Waals surface area (Å²) in [5.41, 5.74) is 3.05. The predicted octanol–water partition coefficient (Wildman–Crippen LogP) is 4.09. The fourth-order valence-electron chi connectivity index (χ4n) is 3.71. The highest BCUT2D eigenvalue weighted by Gasteiger charge is 2.29. The largest absolute Gasteiger partial charge is 0.359 e. The molecule has 27 heavy (non-hydrogen) atoms. The molecule has 0 aliphatic carbocycles. The molecule has 0 amide bonds. The van der Waals surface area contributed by atoms with Gasteiger partial charge in [-0.25, -0.2) is 9.37 Å². The molecular weight excluding hydrogens is 345 g/mol. The van der Waals surface area contributed by atoms with E-state index in [-0.39, 0.29) is 11.9 Å². The van der Waals surface area contributed by atoms with Crippen LogP contribution >= 0.6 is 0 Å². The summed E-state index contributed by atoms with van der Waals surface area (Å²) in [4.78, 5) is 14.6. The number of halogens is 1. The lowest BCUT2D eigenvalue weighted by Crippen LogP contribution is -2.23. The van der Waals surface area contributed by atoms with Crippen molar-refractivity contribution < 1.29 is 8.91 Å². The molecule has 1 aromatic carbocycles.